The Bertz CT molecular complexity index is 406. The Kier molecular flexibility index (Phi) is 3.90. The summed E-state index contributed by atoms with van der Waals surface area (Å²) in [6.45, 7) is -0.961. The fraction of sp³-hybridized carbons (Fsp3) is 0.538. The van der Waals surface area contributed by atoms with Crippen molar-refractivity contribution >= 4 is 0 Å². The highest BCUT2D eigenvalue weighted by Crippen LogP contribution is 2.24. The number of hydrogen-bond acceptors (Lipinski definition) is 1. The number of fused-ring (bicyclic) bond motifs is 1. The lowest BCUT2D eigenvalue weighted by atomic mass is 9.88. The highest BCUT2D eigenvalue weighted by molar-refractivity contribution is 5.30. The molecular formula is C13H15F4N. The lowest BCUT2D eigenvalue weighted by Crippen LogP contribution is -2.45. The van der Waals surface area contributed by atoms with Gasteiger partial charge < -0.3 is 5.32 Å². The first kappa shape index (κ1) is 13.3. The Morgan fingerprint density at radius 3 is 2.56 bits per heavy atom. The standard InChI is InChI=1S/C13H15F4N/c14-12(15)13(16,17)8-18-11-6-5-9-3-1-2-4-10(9)7-11/h1-4,11-12,18H,5-8H2. The molecule has 1 N–H and O–H groups in total. The van der Waals surface area contributed by atoms with E-state index in [1.54, 1.807) is 0 Å². The van der Waals surface area contributed by atoms with E-state index in [2.05, 4.69) is 5.32 Å². The van der Waals surface area contributed by atoms with Gasteiger partial charge in [-0.05, 0) is 30.4 Å². The Morgan fingerprint density at radius 1 is 1.22 bits per heavy atom. The maximum Gasteiger partial charge on any atom is 0.319 e. The van der Waals surface area contributed by atoms with Crippen LogP contribution in [-0.4, -0.2) is 24.9 Å². The van der Waals surface area contributed by atoms with Gasteiger partial charge in [0.25, 0.3) is 0 Å². The van der Waals surface area contributed by atoms with Crippen LogP contribution < -0.4 is 5.32 Å². The zero-order valence-corrected chi connectivity index (χ0v) is 9.80. The predicted molar refractivity (Wildman–Crippen MR) is 61.2 cm³/mol. The summed E-state index contributed by atoms with van der Waals surface area (Å²) in [6, 6.07) is 7.66. The second kappa shape index (κ2) is 5.26. The van der Waals surface area contributed by atoms with Gasteiger partial charge in [0.05, 0.1) is 6.54 Å². The van der Waals surface area contributed by atoms with Gasteiger partial charge in [-0.2, -0.15) is 8.78 Å². The number of rotatable bonds is 4. The number of benzene rings is 1. The van der Waals surface area contributed by atoms with Crippen molar-refractivity contribution in [2.75, 3.05) is 6.54 Å². The van der Waals surface area contributed by atoms with Gasteiger partial charge in [0.15, 0.2) is 0 Å². The van der Waals surface area contributed by atoms with Crippen molar-refractivity contribution in [3.8, 4) is 0 Å². The van der Waals surface area contributed by atoms with Crippen molar-refractivity contribution in [2.45, 2.75) is 37.7 Å². The fourth-order valence-electron chi connectivity index (χ4n) is 2.23. The molecule has 0 aliphatic heterocycles. The molecule has 1 unspecified atom stereocenters. The summed E-state index contributed by atoms with van der Waals surface area (Å²) in [4.78, 5) is 0. The number of halogens is 4. The van der Waals surface area contributed by atoms with Crippen molar-refractivity contribution in [1.29, 1.82) is 0 Å². The fourth-order valence-corrected chi connectivity index (χ4v) is 2.23. The molecule has 1 aliphatic carbocycles. The first-order chi connectivity index (χ1) is 8.49. The molecule has 0 fully saturated rings. The zero-order chi connectivity index (χ0) is 13.2. The van der Waals surface area contributed by atoms with Crippen molar-refractivity contribution in [3.05, 3.63) is 35.4 Å². The van der Waals surface area contributed by atoms with Crippen LogP contribution in [0.2, 0.25) is 0 Å². The van der Waals surface area contributed by atoms with E-state index < -0.39 is 18.9 Å². The molecule has 0 bridgehead atoms. The molecule has 1 nitrogen and oxygen atoms in total. The lowest BCUT2D eigenvalue weighted by molar-refractivity contribution is -0.126. The minimum absolute atomic E-state index is 0.149. The average Bonchev–Trinajstić information content (AvgIpc) is 2.36. The van der Waals surface area contributed by atoms with Crippen molar-refractivity contribution < 1.29 is 17.6 Å². The first-order valence-electron chi connectivity index (χ1n) is 5.95. The highest BCUT2D eigenvalue weighted by Gasteiger charge is 2.40. The van der Waals surface area contributed by atoms with Crippen molar-refractivity contribution in [1.82, 2.24) is 5.32 Å². The van der Waals surface area contributed by atoms with Gasteiger partial charge in [-0.25, -0.2) is 8.78 Å². The summed E-state index contributed by atoms with van der Waals surface area (Å²) in [5, 5.41) is 2.55. The largest absolute Gasteiger partial charge is 0.319 e. The molecule has 1 aromatic carbocycles. The van der Waals surface area contributed by atoms with Gasteiger partial charge in [0, 0.05) is 6.04 Å². The molecule has 0 saturated heterocycles. The van der Waals surface area contributed by atoms with Crippen LogP contribution in [0.4, 0.5) is 17.6 Å². The van der Waals surface area contributed by atoms with E-state index in [1.807, 2.05) is 24.3 Å². The summed E-state index contributed by atoms with van der Waals surface area (Å²) in [5.74, 6) is -3.95. The number of aryl methyl sites for hydroxylation is 1. The second-order valence-corrected chi connectivity index (χ2v) is 4.65. The third-order valence-corrected chi connectivity index (χ3v) is 3.29. The number of nitrogens with one attached hydrogen (secondary N) is 1. The van der Waals surface area contributed by atoms with E-state index in [9.17, 15) is 17.6 Å². The summed E-state index contributed by atoms with van der Waals surface area (Å²) < 4.78 is 49.6. The van der Waals surface area contributed by atoms with Gasteiger partial charge in [0.1, 0.15) is 0 Å². The molecule has 1 atom stereocenters. The Labute approximate surface area is 103 Å². The first-order valence-corrected chi connectivity index (χ1v) is 5.95. The minimum atomic E-state index is -3.95. The van der Waals surface area contributed by atoms with E-state index in [0.717, 1.165) is 12.0 Å². The van der Waals surface area contributed by atoms with Gasteiger partial charge in [-0.3, -0.25) is 0 Å². The molecule has 1 aromatic rings. The van der Waals surface area contributed by atoms with Gasteiger partial charge in [-0.1, -0.05) is 24.3 Å². The van der Waals surface area contributed by atoms with Crippen molar-refractivity contribution in [2.24, 2.45) is 0 Å². The average molecular weight is 261 g/mol. The zero-order valence-electron chi connectivity index (χ0n) is 9.80. The molecule has 0 amide bonds. The minimum Gasteiger partial charge on any atom is -0.308 e. The molecule has 18 heavy (non-hydrogen) atoms. The normalized spacial score (nSPS) is 19.9. The molecule has 0 saturated carbocycles. The third kappa shape index (κ3) is 3.02. The second-order valence-electron chi connectivity index (χ2n) is 4.65. The molecular weight excluding hydrogens is 246 g/mol. The molecule has 0 aromatic heterocycles. The van der Waals surface area contributed by atoms with Gasteiger partial charge >= 0.3 is 12.3 Å². The summed E-state index contributed by atoms with van der Waals surface area (Å²) in [6.07, 6.45) is -1.49. The smallest absolute Gasteiger partial charge is 0.308 e. The maximum atomic E-state index is 12.8. The Morgan fingerprint density at radius 2 is 1.89 bits per heavy atom. The third-order valence-electron chi connectivity index (χ3n) is 3.29. The predicted octanol–water partition coefficient (Wildman–Crippen LogP) is 3.03. The monoisotopic (exact) mass is 261 g/mol. The maximum absolute atomic E-state index is 12.8. The molecule has 1 aliphatic rings. The lowest BCUT2D eigenvalue weighted by Gasteiger charge is -2.27. The van der Waals surface area contributed by atoms with E-state index in [4.69, 9.17) is 0 Å². The summed E-state index contributed by atoms with van der Waals surface area (Å²) >= 11 is 0. The Hall–Kier alpha value is -1.10. The number of alkyl halides is 4. The molecule has 100 valence electrons. The summed E-state index contributed by atoms with van der Waals surface area (Å²) in [7, 11) is 0. The van der Waals surface area contributed by atoms with Crippen LogP contribution in [0.1, 0.15) is 17.5 Å². The van der Waals surface area contributed by atoms with E-state index in [-0.39, 0.29) is 6.04 Å². The van der Waals surface area contributed by atoms with Crippen LogP contribution in [0.15, 0.2) is 24.3 Å². The topological polar surface area (TPSA) is 12.0 Å². The quantitative estimate of drug-likeness (QED) is 0.821. The van der Waals surface area contributed by atoms with Gasteiger partial charge in [0.2, 0.25) is 0 Å². The van der Waals surface area contributed by atoms with E-state index in [0.29, 0.717) is 12.8 Å². The molecule has 5 heteroatoms. The molecule has 0 heterocycles. The van der Waals surface area contributed by atoms with Crippen LogP contribution in [0.3, 0.4) is 0 Å². The van der Waals surface area contributed by atoms with Crippen LogP contribution >= 0.6 is 0 Å². The summed E-state index contributed by atoms with van der Waals surface area (Å²) in [5.41, 5.74) is 2.33. The SMILES string of the molecule is FC(F)C(F)(F)CNC1CCc2ccccc2C1. The van der Waals surface area contributed by atoms with Crippen LogP contribution in [-0.2, 0) is 12.8 Å². The number of hydrogen-bond donors (Lipinski definition) is 1. The Balaban J connectivity index is 1.91. The van der Waals surface area contributed by atoms with Crippen molar-refractivity contribution in [3.63, 3.8) is 0 Å². The highest BCUT2D eigenvalue weighted by atomic mass is 19.3. The van der Waals surface area contributed by atoms with E-state index in [1.165, 1.54) is 5.56 Å². The van der Waals surface area contributed by atoms with Crippen LogP contribution in [0.25, 0.3) is 0 Å². The van der Waals surface area contributed by atoms with E-state index >= 15 is 0 Å². The van der Waals surface area contributed by atoms with Crippen LogP contribution in [0.5, 0.6) is 0 Å². The van der Waals surface area contributed by atoms with Gasteiger partial charge in [-0.15, -0.1) is 0 Å². The molecule has 0 radical (unpaired) electrons. The molecule has 2 rings (SSSR count). The molecule has 0 spiro atoms. The van der Waals surface area contributed by atoms with Crippen LogP contribution in [0, 0.1) is 0 Å².